The molecule has 2 nitrogen and oxygen atoms in total. The Balaban J connectivity index is 0.000000170. The smallest absolute Gasteiger partial charge is 0.0178 e. The third-order valence-electron chi connectivity index (χ3n) is 3.52. The number of fused-ring (bicyclic) bond motifs is 2. The maximum Gasteiger partial charge on any atom is -0.0178 e. The first kappa shape index (κ1) is 21.7. The summed E-state index contributed by atoms with van der Waals surface area (Å²) in [6.45, 7) is 0. The number of hydrogen-bond donors (Lipinski definition) is 0. The monoisotopic (exact) mass is 420 g/mol. The normalized spacial score (nSPS) is 13.6. The number of rotatable bonds is 0. The molecule has 0 aliphatic heterocycles. The summed E-state index contributed by atoms with van der Waals surface area (Å²) in [5.41, 5.74) is 0. The van der Waals surface area contributed by atoms with E-state index >= 15 is 0 Å². The van der Waals surface area contributed by atoms with Crippen LogP contribution in [0.25, 0.3) is 21.5 Å². The van der Waals surface area contributed by atoms with Crippen LogP contribution in [0.5, 0.6) is 0 Å². The van der Waals surface area contributed by atoms with Gasteiger partial charge in [-0.1, -0.05) is 48.5 Å². The van der Waals surface area contributed by atoms with Crippen molar-refractivity contribution in [1.82, 2.24) is 4.57 Å². The topological polar surface area (TPSA) is 8.81 Å². The van der Waals surface area contributed by atoms with Crippen molar-refractivity contribution in [2.75, 3.05) is 0 Å². The van der Waals surface area contributed by atoms with Crippen molar-refractivity contribution >= 4 is 29.4 Å². The summed E-state index contributed by atoms with van der Waals surface area (Å²) in [4.78, 5) is 0. The molecule has 0 unspecified atom stereocenters. The zero-order valence-corrected chi connectivity index (χ0v) is 16.0. The number of nitrogens with zero attached hydrogens (tertiary/aromatic N) is 2. The predicted molar refractivity (Wildman–Crippen MR) is 102 cm³/mol. The Kier molecular flexibility index (Phi) is 5.50. The number of imidazole rings is 1. The molecule has 0 aliphatic rings. The molecular formula is C19H19F6N2P. The molecule has 0 aliphatic carbocycles. The Hall–Kier alpha value is -2.60. The van der Waals surface area contributed by atoms with E-state index in [0.29, 0.717) is 0 Å². The minimum absolute atomic E-state index is 1.31. The van der Waals surface area contributed by atoms with Crippen LogP contribution in [0.4, 0.5) is 25.2 Å². The summed E-state index contributed by atoms with van der Waals surface area (Å²) in [5.74, 6) is 0. The van der Waals surface area contributed by atoms with Crippen molar-refractivity contribution in [1.29, 1.82) is 0 Å². The van der Waals surface area contributed by atoms with Crippen LogP contribution in [0.1, 0.15) is 0 Å². The quantitative estimate of drug-likeness (QED) is 0.123. The Morgan fingerprint density at radius 3 is 1.21 bits per heavy atom. The van der Waals surface area contributed by atoms with Gasteiger partial charge in [0.1, 0.15) is 12.4 Å². The maximum atomic E-state index is 9.87. The Morgan fingerprint density at radius 2 is 1.04 bits per heavy atom. The van der Waals surface area contributed by atoms with Crippen LogP contribution >= 0.6 is 7.81 Å². The summed E-state index contributed by atoms with van der Waals surface area (Å²) in [6.07, 6.45) is 6.00. The van der Waals surface area contributed by atoms with Crippen LogP contribution in [0.15, 0.2) is 79.4 Å². The second-order valence-electron chi connectivity index (χ2n) is 6.25. The first-order valence-electron chi connectivity index (χ1n) is 8.08. The first-order chi connectivity index (χ1) is 12.7. The van der Waals surface area contributed by atoms with Crippen molar-refractivity contribution in [3.63, 3.8) is 0 Å². The zero-order valence-electron chi connectivity index (χ0n) is 15.1. The average Bonchev–Trinajstić information content (AvgIpc) is 2.93. The minimum atomic E-state index is -10.7. The summed E-state index contributed by atoms with van der Waals surface area (Å²) >= 11 is 0. The number of aromatic nitrogens is 2. The SMILES string of the molecule is Cn1cc[n+](C)c1.F[P-](F)(F)(F)(F)F.c1ccc2cc3ccccc3cc2c1. The van der Waals surface area contributed by atoms with E-state index in [1.165, 1.54) is 21.5 Å². The van der Waals surface area contributed by atoms with Gasteiger partial charge < -0.3 is 0 Å². The fraction of sp³-hybridized carbons (Fsp3) is 0.105. The Morgan fingerprint density at radius 1 is 0.714 bits per heavy atom. The molecule has 0 amide bonds. The van der Waals surface area contributed by atoms with Gasteiger partial charge in [-0.3, -0.25) is 0 Å². The standard InChI is InChI=1S/C14H10.C5H9N2.F6P/c1-2-6-12-10-14-8-4-3-7-13(14)9-11(12)5-1;1-6-3-4-7(2)5-6;1-7(2,3,4,5)6/h1-10H;3-5H,1-2H3;/q;+1;-1. The van der Waals surface area contributed by atoms with Gasteiger partial charge in [0, 0.05) is 0 Å². The van der Waals surface area contributed by atoms with Gasteiger partial charge in [0.25, 0.3) is 0 Å². The molecule has 152 valence electrons. The maximum absolute atomic E-state index is 10.7. The first-order valence-corrected chi connectivity index (χ1v) is 10.1. The third-order valence-corrected chi connectivity index (χ3v) is 3.52. The van der Waals surface area contributed by atoms with E-state index < -0.39 is 7.81 Å². The second-order valence-corrected chi connectivity index (χ2v) is 8.17. The van der Waals surface area contributed by atoms with Crippen molar-refractivity contribution in [2.24, 2.45) is 14.1 Å². The van der Waals surface area contributed by atoms with E-state index in [0.717, 1.165) is 0 Å². The van der Waals surface area contributed by atoms with E-state index in [1.54, 1.807) is 0 Å². The molecule has 0 spiro atoms. The minimum Gasteiger partial charge on any atom is -0.0616 e. The molecule has 28 heavy (non-hydrogen) atoms. The molecule has 0 bridgehead atoms. The largest absolute Gasteiger partial charge is 0.0616 e. The van der Waals surface area contributed by atoms with Gasteiger partial charge in [0.2, 0.25) is 6.33 Å². The Bertz CT molecular complexity index is 955. The van der Waals surface area contributed by atoms with E-state index in [1.807, 2.05) is 42.0 Å². The van der Waals surface area contributed by atoms with Gasteiger partial charge in [-0.15, -0.1) is 0 Å². The average molecular weight is 420 g/mol. The summed E-state index contributed by atoms with van der Waals surface area (Å²) in [7, 11) is -6.66. The van der Waals surface area contributed by atoms with Crippen molar-refractivity contribution in [2.45, 2.75) is 0 Å². The van der Waals surface area contributed by atoms with E-state index in [2.05, 4.69) is 60.7 Å². The molecule has 4 rings (SSSR count). The van der Waals surface area contributed by atoms with Crippen LogP contribution in [0.2, 0.25) is 0 Å². The molecule has 0 atom stereocenters. The van der Waals surface area contributed by atoms with Gasteiger partial charge in [-0.25, -0.2) is 9.13 Å². The molecule has 0 radical (unpaired) electrons. The van der Waals surface area contributed by atoms with Crippen LogP contribution in [-0.2, 0) is 14.1 Å². The fourth-order valence-corrected chi connectivity index (χ4v) is 2.46. The van der Waals surface area contributed by atoms with Gasteiger partial charge in [0.05, 0.1) is 14.1 Å². The summed E-state index contributed by atoms with van der Waals surface area (Å²) < 4.78 is 63.2. The van der Waals surface area contributed by atoms with E-state index in [9.17, 15) is 25.2 Å². The van der Waals surface area contributed by atoms with Gasteiger partial charge in [0.15, 0.2) is 0 Å². The van der Waals surface area contributed by atoms with E-state index in [4.69, 9.17) is 0 Å². The van der Waals surface area contributed by atoms with Crippen LogP contribution < -0.4 is 4.57 Å². The van der Waals surface area contributed by atoms with Crippen molar-refractivity contribution in [3.05, 3.63) is 79.4 Å². The summed E-state index contributed by atoms with van der Waals surface area (Å²) in [5, 5.41) is 5.25. The number of hydrogen-bond acceptors (Lipinski definition) is 0. The molecule has 1 heterocycles. The fourth-order valence-electron chi connectivity index (χ4n) is 2.46. The molecule has 0 N–H and O–H groups in total. The number of aryl methyl sites for hydroxylation is 2. The van der Waals surface area contributed by atoms with Gasteiger partial charge in [-0.2, -0.15) is 0 Å². The molecule has 0 saturated heterocycles. The van der Waals surface area contributed by atoms with Gasteiger partial charge in [-0.05, 0) is 33.7 Å². The Labute approximate surface area is 157 Å². The van der Waals surface area contributed by atoms with Crippen molar-refractivity contribution in [3.8, 4) is 0 Å². The molecule has 0 saturated carbocycles. The van der Waals surface area contributed by atoms with Crippen LogP contribution in [-0.4, -0.2) is 4.57 Å². The van der Waals surface area contributed by atoms with Crippen LogP contribution in [0, 0.1) is 0 Å². The molecule has 1 aromatic heterocycles. The summed E-state index contributed by atoms with van der Waals surface area (Å²) in [6, 6.07) is 21.4. The predicted octanol–water partition coefficient (Wildman–Crippen LogP) is 7.23. The van der Waals surface area contributed by atoms with Crippen molar-refractivity contribution < 1.29 is 29.7 Å². The zero-order chi connectivity index (χ0) is 21.1. The number of halogens is 6. The third kappa shape index (κ3) is 8.86. The van der Waals surface area contributed by atoms with E-state index in [-0.39, 0.29) is 0 Å². The number of benzene rings is 3. The van der Waals surface area contributed by atoms with Gasteiger partial charge >= 0.3 is 33.0 Å². The van der Waals surface area contributed by atoms with Crippen LogP contribution in [0.3, 0.4) is 0 Å². The second kappa shape index (κ2) is 7.09. The molecule has 0 fully saturated rings. The molecule has 9 heteroatoms. The molecule has 4 aromatic rings. The molecular weight excluding hydrogens is 401 g/mol. The molecule has 3 aromatic carbocycles.